The molecule has 0 amide bonds. The molecule has 0 saturated heterocycles. The van der Waals surface area contributed by atoms with Crippen LogP contribution in [0.25, 0.3) is 22.4 Å². The fourth-order valence-corrected chi connectivity index (χ4v) is 2.82. The Kier molecular flexibility index (Phi) is 3.75. The molecule has 0 aromatic heterocycles. The zero-order valence-corrected chi connectivity index (χ0v) is 13.4. The van der Waals surface area contributed by atoms with E-state index in [-0.39, 0.29) is 11.5 Å². The van der Waals surface area contributed by atoms with Crippen LogP contribution in [0.3, 0.4) is 0 Å². The smallest absolute Gasteiger partial charge is 0.291 e. The van der Waals surface area contributed by atoms with Crippen LogP contribution in [0, 0.1) is 18.3 Å². The van der Waals surface area contributed by atoms with Crippen LogP contribution in [0.15, 0.2) is 33.5 Å². The van der Waals surface area contributed by atoms with Crippen molar-refractivity contribution in [3.8, 4) is 17.5 Å². The average Bonchev–Trinajstić information content (AvgIpc) is 2.55. The third kappa shape index (κ3) is 2.42. The van der Waals surface area contributed by atoms with Gasteiger partial charge in [0.2, 0.25) is 5.89 Å². The third-order valence-electron chi connectivity index (χ3n) is 4.17. The number of aromatic nitrogens is 1. The van der Waals surface area contributed by atoms with Crippen LogP contribution in [0.5, 0.6) is 0 Å². The van der Waals surface area contributed by atoms with Crippen molar-refractivity contribution in [2.75, 3.05) is 18.0 Å². The van der Waals surface area contributed by atoms with Gasteiger partial charge in [-0.25, -0.2) is 0 Å². The molecule has 23 heavy (non-hydrogen) atoms. The van der Waals surface area contributed by atoms with Crippen LogP contribution in [0.2, 0.25) is 0 Å². The SMILES string of the molecule is CCN(CC)c1ccc2cc3c(C)c(C#N)c(=O)nc-3oc2c1. The van der Waals surface area contributed by atoms with Gasteiger partial charge in [-0.05, 0) is 44.5 Å². The van der Waals surface area contributed by atoms with Crippen molar-refractivity contribution in [1.82, 2.24) is 4.98 Å². The molecule has 5 nitrogen and oxygen atoms in total. The van der Waals surface area contributed by atoms with E-state index in [0.717, 1.165) is 24.2 Å². The van der Waals surface area contributed by atoms with Crippen LogP contribution in [0.1, 0.15) is 25.0 Å². The number of nitrogens with zero attached hydrogens (tertiary/aromatic N) is 3. The predicted molar refractivity (Wildman–Crippen MR) is 89.9 cm³/mol. The number of hydrogen-bond acceptors (Lipinski definition) is 5. The highest BCUT2D eigenvalue weighted by atomic mass is 16.3. The number of rotatable bonds is 3. The Hall–Kier alpha value is -2.87. The largest absolute Gasteiger partial charge is 0.438 e. The molecule has 0 aliphatic carbocycles. The molecular weight excluding hydrogens is 290 g/mol. The zero-order valence-electron chi connectivity index (χ0n) is 13.4. The van der Waals surface area contributed by atoms with Crippen molar-refractivity contribution < 1.29 is 4.42 Å². The van der Waals surface area contributed by atoms with Crippen LogP contribution >= 0.6 is 0 Å². The topological polar surface area (TPSA) is 70.1 Å². The first kappa shape index (κ1) is 15.0. The van der Waals surface area contributed by atoms with E-state index in [1.54, 1.807) is 6.92 Å². The number of benzene rings is 1. The molecule has 3 rings (SSSR count). The molecule has 0 radical (unpaired) electrons. The quantitative estimate of drug-likeness (QED) is 0.694. The summed E-state index contributed by atoms with van der Waals surface area (Å²) in [5, 5.41) is 10.0. The maximum Gasteiger partial charge on any atom is 0.291 e. The molecule has 0 bridgehead atoms. The van der Waals surface area contributed by atoms with E-state index in [1.807, 2.05) is 30.3 Å². The first-order valence-corrected chi connectivity index (χ1v) is 7.62. The molecule has 2 aliphatic rings. The standard InChI is InChI=1S/C18H17N3O2/c1-4-21(5-2)13-7-6-12-8-14-11(3)15(10-19)17(22)20-18(14)23-16(12)9-13/h6-9H,4-5H2,1-3H3. The van der Waals surface area contributed by atoms with E-state index in [0.29, 0.717) is 16.7 Å². The van der Waals surface area contributed by atoms with Crippen molar-refractivity contribution in [3.05, 3.63) is 45.7 Å². The van der Waals surface area contributed by atoms with Crippen molar-refractivity contribution in [1.29, 1.82) is 5.26 Å². The van der Waals surface area contributed by atoms with Gasteiger partial charge in [-0.3, -0.25) is 4.79 Å². The fraction of sp³-hybridized carbons (Fsp3) is 0.278. The molecule has 0 N–H and O–H groups in total. The normalized spacial score (nSPS) is 10.9. The maximum atomic E-state index is 11.9. The highest BCUT2D eigenvalue weighted by Gasteiger charge is 2.18. The molecule has 1 aromatic carbocycles. The minimum absolute atomic E-state index is 0.0758. The van der Waals surface area contributed by atoms with Crippen molar-refractivity contribution in [3.63, 3.8) is 0 Å². The number of nitriles is 1. The lowest BCUT2D eigenvalue weighted by Crippen LogP contribution is -2.21. The van der Waals surface area contributed by atoms with Gasteiger partial charge in [-0.15, -0.1) is 0 Å². The lowest BCUT2D eigenvalue weighted by molar-refractivity contribution is 0.595. The van der Waals surface area contributed by atoms with Gasteiger partial charge in [-0.2, -0.15) is 10.2 Å². The second-order valence-corrected chi connectivity index (χ2v) is 5.39. The average molecular weight is 307 g/mol. The Morgan fingerprint density at radius 3 is 2.65 bits per heavy atom. The zero-order chi connectivity index (χ0) is 16.6. The number of anilines is 1. The highest BCUT2D eigenvalue weighted by molar-refractivity contribution is 5.86. The first-order valence-electron chi connectivity index (χ1n) is 7.62. The molecule has 0 fully saturated rings. The summed E-state index contributed by atoms with van der Waals surface area (Å²) in [4.78, 5) is 18.0. The van der Waals surface area contributed by atoms with Crippen LogP contribution < -0.4 is 10.5 Å². The molecule has 0 atom stereocenters. The van der Waals surface area contributed by atoms with E-state index >= 15 is 0 Å². The minimum atomic E-state index is -0.541. The summed E-state index contributed by atoms with van der Waals surface area (Å²) in [6.07, 6.45) is 0. The van der Waals surface area contributed by atoms with Crippen LogP contribution in [0.4, 0.5) is 5.69 Å². The summed E-state index contributed by atoms with van der Waals surface area (Å²) in [6, 6.07) is 9.84. The van der Waals surface area contributed by atoms with Crippen molar-refractivity contribution >= 4 is 16.7 Å². The summed E-state index contributed by atoms with van der Waals surface area (Å²) < 4.78 is 5.84. The predicted octanol–water partition coefficient (Wildman–Crippen LogP) is 3.32. The van der Waals surface area contributed by atoms with Gasteiger partial charge < -0.3 is 9.32 Å². The minimum Gasteiger partial charge on any atom is -0.438 e. The van der Waals surface area contributed by atoms with Gasteiger partial charge in [0.05, 0.1) is 0 Å². The van der Waals surface area contributed by atoms with Crippen LogP contribution in [-0.4, -0.2) is 18.1 Å². The molecule has 1 aromatic rings. The Bertz CT molecular complexity index is 949. The Morgan fingerprint density at radius 2 is 2.00 bits per heavy atom. The number of fused-ring (bicyclic) bond motifs is 2. The number of pyridine rings is 1. The molecule has 2 aliphatic heterocycles. The van der Waals surface area contributed by atoms with E-state index in [1.165, 1.54) is 0 Å². The molecule has 0 unspecified atom stereocenters. The summed E-state index contributed by atoms with van der Waals surface area (Å²) >= 11 is 0. The molecule has 116 valence electrons. The molecule has 5 heteroatoms. The van der Waals surface area contributed by atoms with E-state index < -0.39 is 5.56 Å². The number of hydrogen-bond donors (Lipinski definition) is 0. The first-order chi connectivity index (χ1) is 11.1. The Balaban J connectivity index is 2.28. The van der Waals surface area contributed by atoms with Gasteiger partial charge in [0.15, 0.2) is 0 Å². The Morgan fingerprint density at radius 1 is 1.26 bits per heavy atom. The van der Waals surface area contributed by atoms with Gasteiger partial charge in [0.1, 0.15) is 17.2 Å². The van der Waals surface area contributed by atoms with Gasteiger partial charge in [-0.1, -0.05) is 0 Å². The monoisotopic (exact) mass is 307 g/mol. The maximum absolute atomic E-state index is 11.9. The van der Waals surface area contributed by atoms with E-state index in [9.17, 15) is 4.79 Å². The van der Waals surface area contributed by atoms with Crippen LogP contribution in [-0.2, 0) is 0 Å². The van der Waals surface area contributed by atoms with Gasteiger partial charge >= 0.3 is 0 Å². The van der Waals surface area contributed by atoms with Gasteiger partial charge in [0.25, 0.3) is 5.56 Å². The molecule has 2 heterocycles. The summed E-state index contributed by atoms with van der Waals surface area (Å²) in [7, 11) is 0. The molecule has 0 saturated carbocycles. The van der Waals surface area contributed by atoms with Crippen molar-refractivity contribution in [2.24, 2.45) is 0 Å². The lowest BCUT2D eigenvalue weighted by atomic mass is 10.0. The molecular formula is C18H17N3O2. The lowest BCUT2D eigenvalue weighted by Gasteiger charge is -2.21. The summed E-state index contributed by atoms with van der Waals surface area (Å²) in [5.74, 6) is 0.274. The van der Waals surface area contributed by atoms with Crippen molar-refractivity contribution in [2.45, 2.75) is 20.8 Å². The second-order valence-electron chi connectivity index (χ2n) is 5.39. The fourth-order valence-electron chi connectivity index (χ4n) is 2.82. The second kappa shape index (κ2) is 5.73. The van der Waals surface area contributed by atoms with E-state index in [4.69, 9.17) is 9.68 Å². The molecule has 0 spiro atoms. The highest BCUT2D eigenvalue weighted by Crippen LogP contribution is 2.31. The van der Waals surface area contributed by atoms with Gasteiger partial charge in [0, 0.05) is 35.8 Å². The van der Waals surface area contributed by atoms with E-state index in [2.05, 4.69) is 23.7 Å². The summed E-state index contributed by atoms with van der Waals surface area (Å²) in [5.41, 5.74) is 2.59. The Labute approximate surface area is 134 Å². The summed E-state index contributed by atoms with van der Waals surface area (Å²) in [6.45, 7) is 7.76. The third-order valence-corrected chi connectivity index (χ3v) is 4.17.